The van der Waals surface area contributed by atoms with Crippen molar-refractivity contribution in [2.24, 2.45) is 0 Å². The fourth-order valence-electron chi connectivity index (χ4n) is 4.25. The number of thioether (sulfide) groups is 1. The van der Waals surface area contributed by atoms with E-state index in [9.17, 15) is 9.59 Å². The fraction of sp³-hybridized carbons (Fsp3) is 0.333. The molecule has 0 bridgehead atoms. The summed E-state index contributed by atoms with van der Waals surface area (Å²) in [7, 11) is 0. The molecule has 4 nitrogen and oxygen atoms in total. The minimum absolute atomic E-state index is 0.0489. The van der Waals surface area contributed by atoms with E-state index in [1.54, 1.807) is 11.8 Å². The van der Waals surface area contributed by atoms with Crippen LogP contribution in [0.5, 0.6) is 0 Å². The summed E-state index contributed by atoms with van der Waals surface area (Å²) in [4.78, 5) is 29.5. The number of benzene rings is 2. The predicted octanol–water partition coefficient (Wildman–Crippen LogP) is 5.72. The number of anilines is 2. The summed E-state index contributed by atoms with van der Waals surface area (Å²) in [6.07, 6.45) is 5.46. The molecule has 150 valence electrons. The first kappa shape index (κ1) is 19.8. The van der Waals surface area contributed by atoms with E-state index in [0.717, 1.165) is 52.4 Å². The number of fused-ring (bicyclic) bond motifs is 1. The Morgan fingerprint density at radius 1 is 1.14 bits per heavy atom. The first-order valence-corrected chi connectivity index (χ1v) is 11.4. The van der Waals surface area contributed by atoms with Gasteiger partial charge in [-0.15, -0.1) is 11.8 Å². The van der Waals surface area contributed by atoms with Crippen LogP contribution in [0.4, 0.5) is 11.4 Å². The molecule has 2 aromatic carbocycles. The Hall–Kier alpha value is -2.53. The molecule has 1 unspecified atom stereocenters. The molecule has 1 aliphatic carbocycles. The van der Waals surface area contributed by atoms with E-state index in [4.69, 9.17) is 0 Å². The monoisotopic (exact) mass is 406 g/mol. The zero-order valence-electron chi connectivity index (χ0n) is 16.9. The van der Waals surface area contributed by atoms with Crippen molar-refractivity contribution in [1.82, 2.24) is 0 Å². The molecule has 2 aromatic rings. The molecule has 5 heteroatoms. The molecular weight excluding hydrogens is 380 g/mol. The largest absolute Gasteiger partial charge is 0.357 e. The lowest BCUT2D eigenvalue weighted by Gasteiger charge is -2.34. The fourth-order valence-corrected chi connectivity index (χ4v) is 4.65. The second-order valence-electron chi connectivity index (χ2n) is 7.50. The van der Waals surface area contributed by atoms with Crippen molar-refractivity contribution in [2.45, 2.75) is 50.0 Å². The van der Waals surface area contributed by atoms with Gasteiger partial charge in [0.25, 0.3) is 0 Å². The zero-order valence-corrected chi connectivity index (χ0v) is 17.7. The number of carbonyl (C=O) groups excluding carboxylic acids is 2. The van der Waals surface area contributed by atoms with Gasteiger partial charge in [-0.25, -0.2) is 0 Å². The minimum atomic E-state index is -0.399. The van der Waals surface area contributed by atoms with E-state index in [1.165, 1.54) is 0 Å². The van der Waals surface area contributed by atoms with Gasteiger partial charge in [-0.05, 0) is 55.3 Å². The lowest BCUT2D eigenvalue weighted by Crippen LogP contribution is -2.37. The van der Waals surface area contributed by atoms with Crippen LogP contribution in [0.15, 0.2) is 64.7 Å². The second-order valence-corrected chi connectivity index (χ2v) is 8.38. The van der Waals surface area contributed by atoms with E-state index in [0.29, 0.717) is 12.8 Å². The Morgan fingerprint density at radius 2 is 1.90 bits per heavy atom. The second kappa shape index (κ2) is 8.46. The highest BCUT2D eigenvalue weighted by atomic mass is 32.2. The molecule has 0 saturated heterocycles. The van der Waals surface area contributed by atoms with Crippen molar-refractivity contribution < 1.29 is 9.59 Å². The molecule has 0 aromatic heterocycles. The highest BCUT2D eigenvalue weighted by molar-refractivity contribution is 7.98. The Kier molecular flexibility index (Phi) is 5.76. The summed E-state index contributed by atoms with van der Waals surface area (Å²) in [6.45, 7) is 2.01. The van der Waals surface area contributed by atoms with Gasteiger partial charge in [0.15, 0.2) is 5.78 Å². The Morgan fingerprint density at radius 3 is 2.62 bits per heavy atom. The number of rotatable bonds is 4. The standard InChI is InChI=1S/C24H26N2O2S/c1-3-7-22(28)26-20-10-5-4-8-18(20)25-19-9-6-11-21(27)23(19)24(26)16-12-14-17(29-2)15-13-16/h4-5,8,10,12-15,24-25H,3,6-7,9,11H2,1-2H3. The van der Waals surface area contributed by atoms with E-state index in [2.05, 4.69) is 29.6 Å². The Bertz CT molecular complexity index is 965. The van der Waals surface area contributed by atoms with Crippen LogP contribution in [0.3, 0.4) is 0 Å². The summed E-state index contributed by atoms with van der Waals surface area (Å²) in [5.74, 6) is 0.188. The van der Waals surface area contributed by atoms with Gasteiger partial charge >= 0.3 is 0 Å². The maximum absolute atomic E-state index is 13.4. The third-order valence-electron chi connectivity index (χ3n) is 5.60. The van der Waals surface area contributed by atoms with Gasteiger partial charge in [0.2, 0.25) is 5.91 Å². The summed E-state index contributed by atoms with van der Waals surface area (Å²) in [5, 5.41) is 3.50. The number of carbonyl (C=O) groups is 2. The Balaban J connectivity index is 1.95. The average Bonchev–Trinajstić information content (AvgIpc) is 2.89. The summed E-state index contributed by atoms with van der Waals surface area (Å²) < 4.78 is 0. The molecule has 1 aliphatic heterocycles. The van der Waals surface area contributed by atoms with Crippen LogP contribution in [0.25, 0.3) is 0 Å². The normalized spacial score (nSPS) is 18.6. The summed E-state index contributed by atoms with van der Waals surface area (Å²) >= 11 is 1.68. The number of para-hydroxylation sites is 2. The van der Waals surface area contributed by atoms with E-state index in [-0.39, 0.29) is 11.7 Å². The highest BCUT2D eigenvalue weighted by Gasteiger charge is 2.39. The molecule has 1 heterocycles. The van der Waals surface area contributed by atoms with Crippen LogP contribution in [0.1, 0.15) is 50.6 Å². The van der Waals surface area contributed by atoms with E-state index in [1.807, 2.05) is 42.3 Å². The van der Waals surface area contributed by atoms with Crippen molar-refractivity contribution in [1.29, 1.82) is 0 Å². The van der Waals surface area contributed by atoms with Crippen molar-refractivity contribution in [3.63, 3.8) is 0 Å². The molecule has 29 heavy (non-hydrogen) atoms. The molecular formula is C24H26N2O2S. The number of hydrogen-bond donors (Lipinski definition) is 1. The topological polar surface area (TPSA) is 49.4 Å². The average molecular weight is 407 g/mol. The summed E-state index contributed by atoms with van der Waals surface area (Å²) in [5.41, 5.74) is 4.41. The van der Waals surface area contributed by atoms with Gasteiger partial charge in [0.1, 0.15) is 0 Å². The van der Waals surface area contributed by atoms with E-state index >= 15 is 0 Å². The first-order valence-electron chi connectivity index (χ1n) is 10.2. The number of Topliss-reactive ketones (excluding diaryl/α,β-unsaturated/α-hetero) is 1. The molecule has 0 radical (unpaired) electrons. The highest BCUT2D eigenvalue weighted by Crippen LogP contribution is 2.45. The van der Waals surface area contributed by atoms with Gasteiger partial charge in [-0.3, -0.25) is 14.5 Å². The minimum Gasteiger partial charge on any atom is -0.357 e. The van der Waals surface area contributed by atoms with Crippen molar-refractivity contribution in [3.05, 3.63) is 65.4 Å². The van der Waals surface area contributed by atoms with Crippen molar-refractivity contribution in [3.8, 4) is 0 Å². The lowest BCUT2D eigenvalue weighted by molar-refractivity contribution is -0.119. The molecule has 1 N–H and O–H groups in total. The third kappa shape index (κ3) is 3.71. The van der Waals surface area contributed by atoms with Crippen LogP contribution in [-0.4, -0.2) is 17.9 Å². The molecule has 4 rings (SSSR count). The van der Waals surface area contributed by atoms with Gasteiger partial charge in [-0.1, -0.05) is 31.2 Å². The van der Waals surface area contributed by atoms with Crippen LogP contribution in [0, 0.1) is 0 Å². The first-order chi connectivity index (χ1) is 14.1. The number of nitrogens with zero attached hydrogens (tertiary/aromatic N) is 1. The molecule has 1 amide bonds. The molecule has 1 atom stereocenters. The number of amides is 1. The third-order valence-corrected chi connectivity index (χ3v) is 6.34. The van der Waals surface area contributed by atoms with Crippen molar-refractivity contribution >= 4 is 34.8 Å². The molecule has 0 fully saturated rings. The SMILES string of the molecule is CCCC(=O)N1c2ccccc2NC2=C(C(=O)CCC2)C1c1ccc(SC)cc1. The van der Waals surface area contributed by atoms with E-state index < -0.39 is 6.04 Å². The van der Waals surface area contributed by atoms with Crippen LogP contribution >= 0.6 is 11.8 Å². The summed E-state index contributed by atoms with van der Waals surface area (Å²) in [6, 6.07) is 15.7. The van der Waals surface area contributed by atoms with Crippen LogP contribution in [-0.2, 0) is 9.59 Å². The number of hydrogen-bond acceptors (Lipinski definition) is 4. The van der Waals surface area contributed by atoms with Gasteiger partial charge in [0.05, 0.1) is 17.4 Å². The maximum atomic E-state index is 13.4. The molecule has 0 spiro atoms. The number of nitrogens with one attached hydrogen (secondary N) is 1. The predicted molar refractivity (Wildman–Crippen MR) is 119 cm³/mol. The number of ketones is 1. The molecule has 2 aliphatic rings. The smallest absolute Gasteiger partial charge is 0.227 e. The van der Waals surface area contributed by atoms with Gasteiger partial charge in [0, 0.05) is 29.0 Å². The zero-order chi connectivity index (χ0) is 20.4. The Labute approximate surface area is 176 Å². The van der Waals surface area contributed by atoms with Crippen LogP contribution in [0.2, 0.25) is 0 Å². The quantitative estimate of drug-likeness (QED) is 0.660. The molecule has 0 saturated carbocycles. The van der Waals surface area contributed by atoms with Gasteiger partial charge in [-0.2, -0.15) is 0 Å². The van der Waals surface area contributed by atoms with Crippen molar-refractivity contribution in [2.75, 3.05) is 16.5 Å². The lowest BCUT2D eigenvalue weighted by atomic mass is 9.85. The maximum Gasteiger partial charge on any atom is 0.227 e. The number of allylic oxidation sites excluding steroid dienone is 1. The van der Waals surface area contributed by atoms with Crippen LogP contribution < -0.4 is 10.2 Å². The van der Waals surface area contributed by atoms with Gasteiger partial charge < -0.3 is 5.32 Å².